The van der Waals surface area contributed by atoms with Crippen molar-refractivity contribution < 1.29 is 4.74 Å². The monoisotopic (exact) mass is 282 g/mol. The van der Waals surface area contributed by atoms with E-state index in [-0.39, 0.29) is 0 Å². The van der Waals surface area contributed by atoms with Crippen LogP contribution in [0.2, 0.25) is 0 Å². The Bertz CT molecular complexity index is 357. The molecule has 0 radical (unpaired) electrons. The number of rotatable bonds is 3. The summed E-state index contributed by atoms with van der Waals surface area (Å²) in [5.41, 5.74) is 2.49. The first-order chi connectivity index (χ1) is 7.56. The van der Waals surface area contributed by atoms with Gasteiger partial charge in [-0.15, -0.1) is 0 Å². The fraction of sp³-hybridized carbons (Fsp3) is 0.571. The lowest BCUT2D eigenvalue weighted by Crippen LogP contribution is -2.26. The molecule has 88 valence electrons. The zero-order chi connectivity index (χ0) is 11.7. The number of aryl methyl sites for hydroxylation is 2. The molecular weight excluding hydrogens is 264 g/mol. The maximum Gasteiger partial charge on any atom is 0.119 e. The molecule has 2 rings (SSSR count). The minimum Gasteiger partial charge on any atom is -0.493 e. The summed E-state index contributed by atoms with van der Waals surface area (Å²) >= 11 is 3.57. The van der Waals surface area contributed by atoms with Crippen molar-refractivity contribution in [1.82, 2.24) is 0 Å². The number of hydrogen-bond acceptors (Lipinski definition) is 1. The Morgan fingerprint density at radius 3 is 2.31 bits per heavy atom. The zero-order valence-electron chi connectivity index (χ0n) is 10.2. The molecule has 1 aromatic rings. The second kappa shape index (κ2) is 4.79. The number of benzene rings is 1. The van der Waals surface area contributed by atoms with Crippen LogP contribution in [-0.2, 0) is 0 Å². The van der Waals surface area contributed by atoms with E-state index in [1.807, 2.05) is 0 Å². The predicted molar refractivity (Wildman–Crippen MR) is 71.0 cm³/mol. The molecule has 1 aliphatic carbocycles. The van der Waals surface area contributed by atoms with Gasteiger partial charge in [0.2, 0.25) is 0 Å². The van der Waals surface area contributed by atoms with Crippen LogP contribution in [0.5, 0.6) is 5.75 Å². The third kappa shape index (κ3) is 2.60. The van der Waals surface area contributed by atoms with Gasteiger partial charge in [-0.25, -0.2) is 0 Å². The number of ether oxygens (including phenoxy) is 1. The van der Waals surface area contributed by atoms with Gasteiger partial charge in [0, 0.05) is 4.47 Å². The quantitative estimate of drug-likeness (QED) is 0.794. The summed E-state index contributed by atoms with van der Waals surface area (Å²) in [4.78, 5) is 0. The van der Waals surface area contributed by atoms with Crippen molar-refractivity contribution in [3.63, 3.8) is 0 Å². The standard InChI is InChI=1S/C14H19BrO/c1-9-4-12(5-9)8-16-13-6-10(2)14(15)11(3)7-13/h6-7,9,12H,4-5,8H2,1-3H3. The maximum atomic E-state index is 5.85. The number of halogens is 1. The molecule has 0 heterocycles. The highest BCUT2D eigenvalue weighted by atomic mass is 79.9. The van der Waals surface area contributed by atoms with Crippen LogP contribution in [0, 0.1) is 25.7 Å². The summed E-state index contributed by atoms with van der Waals surface area (Å²) in [6.45, 7) is 7.40. The molecule has 0 amide bonds. The van der Waals surface area contributed by atoms with Gasteiger partial charge in [0.25, 0.3) is 0 Å². The van der Waals surface area contributed by atoms with Gasteiger partial charge in [0.15, 0.2) is 0 Å². The van der Waals surface area contributed by atoms with Gasteiger partial charge >= 0.3 is 0 Å². The molecule has 1 aromatic carbocycles. The van der Waals surface area contributed by atoms with Crippen molar-refractivity contribution in [2.75, 3.05) is 6.61 Å². The molecule has 2 heteroatoms. The summed E-state index contributed by atoms with van der Waals surface area (Å²) in [6, 6.07) is 4.22. The van der Waals surface area contributed by atoms with Crippen molar-refractivity contribution >= 4 is 15.9 Å². The van der Waals surface area contributed by atoms with Crippen LogP contribution in [0.4, 0.5) is 0 Å². The lowest BCUT2D eigenvalue weighted by atomic mass is 9.77. The normalized spacial score (nSPS) is 24.0. The van der Waals surface area contributed by atoms with Crippen molar-refractivity contribution in [2.45, 2.75) is 33.6 Å². The summed E-state index contributed by atoms with van der Waals surface area (Å²) in [5.74, 6) is 2.69. The molecule has 1 nitrogen and oxygen atoms in total. The van der Waals surface area contributed by atoms with Gasteiger partial charge in [0.1, 0.15) is 5.75 Å². The van der Waals surface area contributed by atoms with Crippen LogP contribution >= 0.6 is 15.9 Å². The third-order valence-corrected chi connectivity index (χ3v) is 4.62. The Kier molecular flexibility index (Phi) is 3.58. The van der Waals surface area contributed by atoms with E-state index in [0.717, 1.165) is 24.2 Å². The Balaban J connectivity index is 1.94. The maximum absolute atomic E-state index is 5.85. The molecule has 1 fully saturated rings. The minimum atomic E-state index is 0.777. The molecule has 0 atom stereocenters. The van der Waals surface area contributed by atoms with Gasteiger partial charge in [-0.1, -0.05) is 22.9 Å². The van der Waals surface area contributed by atoms with E-state index < -0.39 is 0 Å². The molecule has 0 N–H and O–H groups in total. The average Bonchev–Trinajstić information content (AvgIpc) is 2.19. The van der Waals surface area contributed by atoms with Crippen molar-refractivity contribution in [1.29, 1.82) is 0 Å². The van der Waals surface area contributed by atoms with Crippen LogP contribution in [0.1, 0.15) is 30.9 Å². The highest BCUT2D eigenvalue weighted by molar-refractivity contribution is 9.10. The highest BCUT2D eigenvalue weighted by Gasteiger charge is 2.25. The van der Waals surface area contributed by atoms with Crippen LogP contribution in [0.15, 0.2) is 16.6 Å². The largest absolute Gasteiger partial charge is 0.493 e. The van der Waals surface area contributed by atoms with Crippen LogP contribution in [0.3, 0.4) is 0 Å². The number of hydrogen-bond donors (Lipinski definition) is 0. The van der Waals surface area contributed by atoms with Crippen LogP contribution < -0.4 is 4.74 Å². The predicted octanol–water partition coefficient (Wildman–Crippen LogP) is 4.49. The molecule has 0 bridgehead atoms. The third-order valence-electron chi connectivity index (χ3n) is 3.37. The van der Waals surface area contributed by atoms with Gasteiger partial charge in [0.05, 0.1) is 6.61 Å². The second-order valence-electron chi connectivity index (χ2n) is 5.12. The molecule has 0 saturated heterocycles. The van der Waals surface area contributed by atoms with E-state index in [2.05, 4.69) is 48.8 Å². The van der Waals surface area contributed by atoms with Crippen molar-refractivity contribution in [2.24, 2.45) is 11.8 Å². The first-order valence-electron chi connectivity index (χ1n) is 5.96. The topological polar surface area (TPSA) is 9.23 Å². The first-order valence-corrected chi connectivity index (χ1v) is 6.75. The van der Waals surface area contributed by atoms with E-state index in [4.69, 9.17) is 4.74 Å². The Morgan fingerprint density at radius 1 is 1.25 bits per heavy atom. The zero-order valence-corrected chi connectivity index (χ0v) is 11.8. The van der Waals surface area contributed by atoms with E-state index in [1.54, 1.807) is 0 Å². The Hall–Kier alpha value is -0.500. The van der Waals surface area contributed by atoms with Gasteiger partial charge in [-0.05, 0) is 61.8 Å². The van der Waals surface area contributed by atoms with Crippen LogP contribution in [-0.4, -0.2) is 6.61 Å². The highest BCUT2D eigenvalue weighted by Crippen LogP contribution is 2.34. The van der Waals surface area contributed by atoms with E-state index in [9.17, 15) is 0 Å². The molecule has 16 heavy (non-hydrogen) atoms. The fourth-order valence-corrected chi connectivity index (χ4v) is 2.64. The smallest absolute Gasteiger partial charge is 0.119 e. The molecular formula is C14H19BrO. The van der Waals surface area contributed by atoms with Gasteiger partial charge < -0.3 is 4.74 Å². The fourth-order valence-electron chi connectivity index (χ4n) is 2.41. The molecule has 1 aliphatic rings. The average molecular weight is 283 g/mol. The molecule has 0 aliphatic heterocycles. The summed E-state index contributed by atoms with van der Waals surface area (Å²) in [6.07, 6.45) is 2.66. The molecule has 1 saturated carbocycles. The molecule has 0 aromatic heterocycles. The Labute approximate surface area is 106 Å². The lowest BCUT2D eigenvalue weighted by molar-refractivity contribution is 0.130. The van der Waals surface area contributed by atoms with E-state index in [1.165, 1.54) is 28.4 Å². The summed E-state index contributed by atoms with van der Waals surface area (Å²) in [7, 11) is 0. The lowest BCUT2D eigenvalue weighted by Gasteiger charge is -2.32. The van der Waals surface area contributed by atoms with Gasteiger partial charge in [-0.3, -0.25) is 0 Å². The first kappa shape index (κ1) is 12.0. The van der Waals surface area contributed by atoms with E-state index in [0.29, 0.717) is 0 Å². The summed E-state index contributed by atoms with van der Waals surface area (Å²) < 4.78 is 7.05. The van der Waals surface area contributed by atoms with Crippen molar-refractivity contribution in [3.05, 3.63) is 27.7 Å². The summed E-state index contributed by atoms with van der Waals surface area (Å²) in [5, 5.41) is 0. The molecule has 0 unspecified atom stereocenters. The van der Waals surface area contributed by atoms with E-state index >= 15 is 0 Å². The second-order valence-corrected chi connectivity index (χ2v) is 5.92. The van der Waals surface area contributed by atoms with Crippen LogP contribution in [0.25, 0.3) is 0 Å². The Morgan fingerprint density at radius 2 is 1.81 bits per heavy atom. The van der Waals surface area contributed by atoms with Gasteiger partial charge in [-0.2, -0.15) is 0 Å². The SMILES string of the molecule is Cc1cc(OCC2CC(C)C2)cc(C)c1Br. The minimum absolute atomic E-state index is 0.777. The van der Waals surface area contributed by atoms with Crippen molar-refractivity contribution in [3.8, 4) is 5.75 Å². The molecule has 0 spiro atoms.